The number of piperidine rings is 1. The van der Waals surface area contributed by atoms with Crippen LogP contribution in [0.4, 0.5) is 0 Å². The highest BCUT2D eigenvalue weighted by Crippen LogP contribution is 2.32. The van der Waals surface area contributed by atoms with Crippen molar-refractivity contribution >= 4 is 17.8 Å². The van der Waals surface area contributed by atoms with Crippen molar-refractivity contribution in [2.24, 2.45) is 5.16 Å². The molecule has 1 aromatic rings. The van der Waals surface area contributed by atoms with Crippen LogP contribution >= 0.6 is 0 Å². The Kier molecular flexibility index (Phi) is 5.38. The third-order valence-corrected chi connectivity index (χ3v) is 5.01. The van der Waals surface area contributed by atoms with Crippen LogP contribution in [0.1, 0.15) is 31.2 Å². The molecule has 2 bridgehead atoms. The van der Waals surface area contributed by atoms with Crippen LogP contribution in [-0.4, -0.2) is 49.9 Å². The second-order valence-corrected chi connectivity index (χ2v) is 6.47. The van der Waals surface area contributed by atoms with Gasteiger partial charge in [0.1, 0.15) is 0 Å². The lowest BCUT2D eigenvalue weighted by Crippen LogP contribution is -2.40. The Balaban J connectivity index is 1.57. The molecule has 3 rings (SSSR count). The zero-order chi connectivity index (χ0) is 17.8. The van der Waals surface area contributed by atoms with Crippen molar-refractivity contribution in [2.75, 3.05) is 21.3 Å². The highest BCUT2D eigenvalue weighted by Gasteiger charge is 2.36. The molecule has 2 aliphatic rings. The Morgan fingerprint density at radius 2 is 1.84 bits per heavy atom. The minimum absolute atomic E-state index is 0.478. The summed E-state index contributed by atoms with van der Waals surface area (Å²) in [5, 5.41) is 4.08. The predicted octanol–water partition coefficient (Wildman–Crippen LogP) is 2.87. The normalized spacial score (nSPS) is 22.9. The maximum atomic E-state index is 11.9. The predicted molar refractivity (Wildman–Crippen MR) is 95.9 cm³/mol. The van der Waals surface area contributed by atoms with Crippen molar-refractivity contribution in [3.63, 3.8) is 0 Å². The Bertz CT molecular complexity index is 683. The fraction of sp³-hybridized carbons (Fsp3) is 0.474. The maximum absolute atomic E-state index is 11.9. The Morgan fingerprint density at radius 3 is 2.48 bits per heavy atom. The summed E-state index contributed by atoms with van der Waals surface area (Å²) in [5.41, 5.74) is 1.80. The summed E-state index contributed by atoms with van der Waals surface area (Å²) in [6.07, 6.45) is 7.22. The molecule has 6 nitrogen and oxygen atoms in total. The molecule has 25 heavy (non-hydrogen) atoms. The molecule has 1 aromatic carbocycles. The molecule has 2 fully saturated rings. The number of methoxy groups -OCH3 is 2. The number of nitrogens with zero attached hydrogens (tertiary/aromatic N) is 2. The zero-order valence-electron chi connectivity index (χ0n) is 14.9. The second kappa shape index (κ2) is 7.70. The van der Waals surface area contributed by atoms with Gasteiger partial charge in [0.15, 0.2) is 11.5 Å². The van der Waals surface area contributed by atoms with E-state index in [1.807, 2.05) is 6.07 Å². The highest BCUT2D eigenvalue weighted by molar-refractivity contribution is 5.90. The standard InChI is InChI=1S/C19H24N2O4/c1-21-15-6-7-16(21)12-14(11-15)20-25-19(22)9-5-13-4-8-17(23-2)18(10-13)24-3/h4-5,8-10,15-16H,6-7,11-12H2,1-3H3/b9-5+,20-14?. The highest BCUT2D eigenvalue weighted by atomic mass is 16.7. The van der Waals surface area contributed by atoms with Crippen molar-refractivity contribution in [1.29, 1.82) is 0 Å². The van der Waals surface area contributed by atoms with Gasteiger partial charge in [-0.15, -0.1) is 0 Å². The Morgan fingerprint density at radius 1 is 1.16 bits per heavy atom. The molecular formula is C19H24N2O4. The number of hydrogen-bond donors (Lipinski definition) is 0. The van der Waals surface area contributed by atoms with Gasteiger partial charge in [0.25, 0.3) is 0 Å². The van der Waals surface area contributed by atoms with E-state index in [2.05, 4.69) is 17.1 Å². The van der Waals surface area contributed by atoms with E-state index in [-0.39, 0.29) is 0 Å². The first-order valence-electron chi connectivity index (χ1n) is 8.49. The largest absolute Gasteiger partial charge is 0.493 e. The lowest BCUT2D eigenvalue weighted by molar-refractivity contribution is -0.137. The number of hydrogen-bond acceptors (Lipinski definition) is 6. The minimum Gasteiger partial charge on any atom is -0.493 e. The SMILES string of the molecule is COc1ccc(/C=C/C(=O)ON=C2CC3CCC(C2)N3C)cc1OC. The molecule has 2 unspecified atom stereocenters. The zero-order valence-corrected chi connectivity index (χ0v) is 14.9. The van der Waals surface area contributed by atoms with E-state index < -0.39 is 5.97 Å². The quantitative estimate of drug-likeness (QED) is 0.467. The average molecular weight is 344 g/mol. The number of fused-ring (bicyclic) bond motifs is 2. The van der Waals surface area contributed by atoms with Crippen molar-refractivity contribution in [3.8, 4) is 11.5 Å². The minimum atomic E-state index is -0.478. The lowest BCUT2D eigenvalue weighted by atomic mass is 10.0. The van der Waals surface area contributed by atoms with E-state index in [9.17, 15) is 4.79 Å². The third-order valence-electron chi connectivity index (χ3n) is 5.01. The summed E-state index contributed by atoms with van der Waals surface area (Å²) in [5.74, 6) is 0.777. The van der Waals surface area contributed by atoms with Gasteiger partial charge in [-0.05, 0) is 43.7 Å². The summed E-state index contributed by atoms with van der Waals surface area (Å²) < 4.78 is 10.4. The molecular weight excluding hydrogens is 320 g/mol. The van der Waals surface area contributed by atoms with Gasteiger partial charge in [-0.25, -0.2) is 4.79 Å². The number of oxime groups is 1. The number of ether oxygens (including phenoxy) is 2. The molecule has 2 saturated heterocycles. The van der Waals surface area contributed by atoms with Gasteiger partial charge < -0.3 is 14.3 Å². The van der Waals surface area contributed by atoms with E-state index in [1.54, 1.807) is 32.4 Å². The van der Waals surface area contributed by atoms with Crippen LogP contribution < -0.4 is 9.47 Å². The number of carbonyl (C=O) groups is 1. The molecule has 0 spiro atoms. The number of rotatable bonds is 5. The number of benzene rings is 1. The summed E-state index contributed by atoms with van der Waals surface area (Å²) >= 11 is 0. The van der Waals surface area contributed by atoms with Gasteiger partial charge in [0, 0.05) is 31.0 Å². The van der Waals surface area contributed by atoms with Crippen molar-refractivity contribution < 1.29 is 19.1 Å². The van der Waals surface area contributed by atoms with Crippen LogP contribution in [0.2, 0.25) is 0 Å². The van der Waals surface area contributed by atoms with Crippen LogP contribution in [0.15, 0.2) is 29.4 Å². The Hall–Kier alpha value is -2.34. The fourth-order valence-corrected chi connectivity index (χ4v) is 3.54. The maximum Gasteiger partial charge on any atom is 0.358 e. The monoisotopic (exact) mass is 344 g/mol. The third kappa shape index (κ3) is 4.02. The first kappa shape index (κ1) is 17.5. The number of carbonyl (C=O) groups excluding carboxylic acids is 1. The van der Waals surface area contributed by atoms with Gasteiger partial charge in [-0.1, -0.05) is 11.2 Å². The van der Waals surface area contributed by atoms with Crippen LogP contribution in [0, 0.1) is 0 Å². The molecule has 6 heteroatoms. The van der Waals surface area contributed by atoms with Crippen molar-refractivity contribution in [3.05, 3.63) is 29.8 Å². The van der Waals surface area contributed by atoms with E-state index in [4.69, 9.17) is 14.3 Å². The molecule has 2 aliphatic heterocycles. The van der Waals surface area contributed by atoms with E-state index in [1.165, 1.54) is 18.9 Å². The van der Waals surface area contributed by atoms with Crippen LogP contribution in [0.3, 0.4) is 0 Å². The van der Waals surface area contributed by atoms with E-state index in [0.29, 0.717) is 23.6 Å². The lowest BCUT2D eigenvalue weighted by Gasteiger charge is -2.31. The molecule has 2 heterocycles. The molecule has 0 aliphatic carbocycles. The van der Waals surface area contributed by atoms with Crippen LogP contribution in [0.25, 0.3) is 6.08 Å². The van der Waals surface area contributed by atoms with E-state index in [0.717, 1.165) is 24.1 Å². The van der Waals surface area contributed by atoms with Crippen LogP contribution in [-0.2, 0) is 9.63 Å². The second-order valence-electron chi connectivity index (χ2n) is 6.47. The first-order chi connectivity index (χ1) is 12.1. The average Bonchev–Trinajstić information content (AvgIpc) is 2.85. The topological polar surface area (TPSA) is 60.4 Å². The van der Waals surface area contributed by atoms with Gasteiger partial charge in [0.05, 0.1) is 19.9 Å². The van der Waals surface area contributed by atoms with Crippen molar-refractivity contribution in [2.45, 2.75) is 37.8 Å². The van der Waals surface area contributed by atoms with E-state index >= 15 is 0 Å². The summed E-state index contributed by atoms with van der Waals surface area (Å²) in [6, 6.07) is 6.50. The fourth-order valence-electron chi connectivity index (χ4n) is 3.54. The molecule has 0 amide bonds. The van der Waals surface area contributed by atoms with Gasteiger partial charge in [-0.2, -0.15) is 0 Å². The summed E-state index contributed by atoms with van der Waals surface area (Å²) in [7, 11) is 5.32. The molecule has 0 radical (unpaired) electrons. The van der Waals surface area contributed by atoms with Gasteiger partial charge >= 0.3 is 5.97 Å². The smallest absolute Gasteiger partial charge is 0.358 e. The summed E-state index contributed by atoms with van der Waals surface area (Å²) in [4.78, 5) is 19.4. The molecule has 134 valence electrons. The van der Waals surface area contributed by atoms with Crippen molar-refractivity contribution in [1.82, 2.24) is 4.90 Å². The molecule has 0 saturated carbocycles. The molecule has 0 aromatic heterocycles. The van der Waals surface area contributed by atoms with Gasteiger partial charge in [-0.3, -0.25) is 4.90 Å². The van der Waals surface area contributed by atoms with Crippen LogP contribution in [0.5, 0.6) is 11.5 Å². The Labute approximate surface area is 148 Å². The first-order valence-corrected chi connectivity index (χ1v) is 8.49. The molecule has 0 N–H and O–H groups in total. The van der Waals surface area contributed by atoms with Gasteiger partial charge in [0.2, 0.25) is 0 Å². The molecule has 2 atom stereocenters. The summed E-state index contributed by atoms with van der Waals surface area (Å²) in [6.45, 7) is 0.